The molecule has 1 N–H and O–H groups in total. The van der Waals surface area contributed by atoms with E-state index < -0.39 is 0 Å². The van der Waals surface area contributed by atoms with Gasteiger partial charge in [0.25, 0.3) is 0 Å². The lowest BCUT2D eigenvalue weighted by atomic mass is 10.4. The predicted octanol–water partition coefficient (Wildman–Crippen LogP) is 1.62. The van der Waals surface area contributed by atoms with Crippen LogP contribution in [0.4, 0.5) is 0 Å². The summed E-state index contributed by atoms with van der Waals surface area (Å²) in [7, 11) is 0. The Morgan fingerprint density at radius 3 is 3.40 bits per heavy atom. The number of hydrogen-bond donors (Lipinski definition) is 1. The molecule has 0 aliphatic rings. The number of azide groups is 1. The van der Waals surface area contributed by atoms with Crippen LogP contribution in [0.15, 0.2) is 23.6 Å². The van der Waals surface area contributed by atoms with Crippen LogP contribution in [-0.2, 0) is 0 Å². The van der Waals surface area contributed by atoms with Gasteiger partial charge in [-0.3, -0.25) is 0 Å². The molecule has 6 heteroatoms. The number of rotatable bonds is 1. The number of hydrogen-bond acceptors (Lipinski definition) is 3. The summed E-state index contributed by atoms with van der Waals surface area (Å²) in [5.41, 5.74) is 10.1. The van der Waals surface area contributed by atoms with Crippen molar-refractivity contribution in [1.29, 1.82) is 0 Å². The maximum atomic E-state index is 8.04. The van der Waals surface area contributed by atoms with Crippen LogP contribution in [0.3, 0.4) is 0 Å². The first-order valence-corrected chi connectivity index (χ1v) is 4.20. The average Bonchev–Trinajstić information content (AvgIpc) is 2.71. The highest BCUT2D eigenvalue weighted by molar-refractivity contribution is 5.70. The number of fused-ring (bicyclic) bond motifs is 1. The predicted molar refractivity (Wildman–Crippen MR) is 54.8 cm³/mol. The molecule has 15 heavy (non-hydrogen) atoms. The molecule has 2 aromatic rings. The van der Waals surface area contributed by atoms with E-state index in [1.807, 2.05) is 6.07 Å². The highest BCUT2D eigenvalue weighted by Gasteiger charge is 1.96. The van der Waals surface area contributed by atoms with Crippen molar-refractivity contribution < 1.29 is 0 Å². The molecule has 0 aliphatic heterocycles. The zero-order valence-electron chi connectivity index (χ0n) is 7.68. The minimum absolute atomic E-state index is 0.142. The highest BCUT2D eigenvalue weighted by Crippen LogP contribution is 2.05. The third kappa shape index (κ3) is 2.05. The lowest BCUT2D eigenvalue weighted by Crippen LogP contribution is -1.86. The molecule has 6 nitrogen and oxygen atoms in total. The Morgan fingerprint density at radius 2 is 2.53 bits per heavy atom. The lowest BCUT2D eigenvalue weighted by molar-refractivity contribution is 1.22. The van der Waals surface area contributed by atoms with E-state index in [-0.39, 0.29) is 6.54 Å². The molecule has 0 unspecified atom stereocenters. The Balaban J connectivity index is 2.26. The van der Waals surface area contributed by atoms with E-state index in [1.165, 1.54) is 0 Å². The number of aromatic amines is 1. The van der Waals surface area contributed by atoms with Gasteiger partial charge in [-0.2, -0.15) is 0 Å². The molecule has 0 atom stereocenters. The third-order valence-corrected chi connectivity index (χ3v) is 1.69. The van der Waals surface area contributed by atoms with Crippen LogP contribution in [0.25, 0.3) is 21.6 Å². The van der Waals surface area contributed by atoms with E-state index in [4.69, 9.17) is 5.53 Å². The number of nitrogens with zero attached hydrogens (tertiary/aromatic N) is 5. The molecule has 0 saturated carbocycles. The highest BCUT2D eigenvalue weighted by atomic mass is 15.1. The van der Waals surface area contributed by atoms with Gasteiger partial charge in [-0.05, 0) is 17.5 Å². The Labute approximate surface area is 85.0 Å². The summed E-state index contributed by atoms with van der Waals surface area (Å²) in [4.78, 5) is 13.9. The zero-order chi connectivity index (χ0) is 10.5. The van der Waals surface area contributed by atoms with Gasteiger partial charge in [-0.1, -0.05) is 11.0 Å². The summed E-state index contributed by atoms with van der Waals surface area (Å²) in [5, 5.41) is 3.29. The minimum Gasteiger partial charge on any atom is -0.345 e. The van der Waals surface area contributed by atoms with Gasteiger partial charge in [0.05, 0.1) is 12.7 Å². The molecule has 2 heterocycles. The first-order valence-electron chi connectivity index (χ1n) is 4.20. The summed E-state index contributed by atoms with van der Waals surface area (Å²) in [6, 6.07) is 1.82. The largest absolute Gasteiger partial charge is 0.345 e. The Morgan fingerprint density at radius 1 is 1.60 bits per heavy atom. The van der Waals surface area contributed by atoms with Crippen molar-refractivity contribution in [1.82, 2.24) is 15.0 Å². The van der Waals surface area contributed by atoms with Gasteiger partial charge in [-0.15, -0.1) is 0 Å². The van der Waals surface area contributed by atoms with Crippen LogP contribution in [-0.4, -0.2) is 21.5 Å². The van der Waals surface area contributed by atoms with Crippen LogP contribution in [0.5, 0.6) is 0 Å². The molecule has 72 valence electrons. The van der Waals surface area contributed by atoms with Crippen LogP contribution in [0.2, 0.25) is 0 Å². The Bertz CT molecular complexity index is 581. The standard InChI is InChI=1S/C9H6N6/c10-15-13-4-1-2-7-6-12-9-8(14-7)3-5-11-9/h3,5-6H,4H2,(H,11,12). The van der Waals surface area contributed by atoms with E-state index in [9.17, 15) is 0 Å². The second-order valence-electron chi connectivity index (χ2n) is 2.66. The fourth-order valence-corrected chi connectivity index (χ4v) is 1.09. The summed E-state index contributed by atoms with van der Waals surface area (Å²) < 4.78 is 0. The molecule has 0 fully saturated rings. The molecule has 2 rings (SSSR count). The summed E-state index contributed by atoms with van der Waals surface area (Å²) in [5.74, 6) is 5.44. The van der Waals surface area contributed by atoms with Gasteiger partial charge < -0.3 is 4.98 Å². The van der Waals surface area contributed by atoms with E-state index in [0.29, 0.717) is 5.69 Å². The van der Waals surface area contributed by atoms with Gasteiger partial charge in [0.15, 0.2) is 5.65 Å². The van der Waals surface area contributed by atoms with Crippen molar-refractivity contribution in [2.45, 2.75) is 0 Å². The number of H-pyrrole nitrogens is 1. The number of aromatic nitrogens is 3. The fraction of sp³-hybridized carbons (Fsp3) is 0.111. The lowest BCUT2D eigenvalue weighted by Gasteiger charge is -1.89. The van der Waals surface area contributed by atoms with Gasteiger partial charge >= 0.3 is 0 Å². The van der Waals surface area contributed by atoms with Gasteiger partial charge in [0.2, 0.25) is 0 Å². The van der Waals surface area contributed by atoms with Crippen LogP contribution < -0.4 is 0 Å². The van der Waals surface area contributed by atoms with Crippen molar-refractivity contribution in [3.63, 3.8) is 0 Å². The molecule has 0 saturated heterocycles. The van der Waals surface area contributed by atoms with Crippen molar-refractivity contribution in [2.24, 2.45) is 5.11 Å². The summed E-state index contributed by atoms with van der Waals surface area (Å²) in [6.45, 7) is 0.142. The van der Waals surface area contributed by atoms with Gasteiger partial charge in [0.1, 0.15) is 11.2 Å². The summed E-state index contributed by atoms with van der Waals surface area (Å²) >= 11 is 0. The van der Waals surface area contributed by atoms with E-state index in [2.05, 4.69) is 36.8 Å². The topological polar surface area (TPSA) is 90.3 Å². The quantitative estimate of drug-likeness (QED) is 0.326. The maximum Gasteiger partial charge on any atom is 0.156 e. The average molecular weight is 198 g/mol. The van der Waals surface area contributed by atoms with Gasteiger partial charge in [0, 0.05) is 11.1 Å². The van der Waals surface area contributed by atoms with E-state index >= 15 is 0 Å². The molecule has 0 bridgehead atoms. The first kappa shape index (κ1) is 9.06. The second kappa shape index (κ2) is 4.13. The normalized spacial score (nSPS) is 9.07. The van der Waals surface area contributed by atoms with Crippen molar-refractivity contribution in [3.05, 3.63) is 34.6 Å². The van der Waals surface area contributed by atoms with Crippen molar-refractivity contribution >= 4 is 11.2 Å². The fourth-order valence-electron chi connectivity index (χ4n) is 1.09. The Kier molecular flexibility index (Phi) is 2.50. The smallest absolute Gasteiger partial charge is 0.156 e. The second-order valence-corrected chi connectivity index (χ2v) is 2.66. The molecule has 0 spiro atoms. The molecule has 2 aromatic heterocycles. The Hall–Kier alpha value is -2.51. The minimum atomic E-state index is 0.142. The first-order chi connectivity index (χ1) is 7.40. The summed E-state index contributed by atoms with van der Waals surface area (Å²) in [6.07, 6.45) is 3.34. The molecule has 0 radical (unpaired) electrons. The monoisotopic (exact) mass is 198 g/mol. The van der Waals surface area contributed by atoms with Crippen molar-refractivity contribution in [3.8, 4) is 11.8 Å². The van der Waals surface area contributed by atoms with Crippen LogP contribution in [0.1, 0.15) is 5.69 Å². The van der Waals surface area contributed by atoms with E-state index in [1.54, 1.807) is 12.4 Å². The SMILES string of the molecule is [N-]=[N+]=NCC#Cc1cnc2[nH]ccc2n1. The zero-order valence-corrected chi connectivity index (χ0v) is 7.68. The molecular weight excluding hydrogens is 192 g/mol. The third-order valence-electron chi connectivity index (χ3n) is 1.69. The van der Waals surface area contributed by atoms with Crippen LogP contribution >= 0.6 is 0 Å². The number of nitrogens with one attached hydrogen (secondary N) is 1. The van der Waals surface area contributed by atoms with E-state index in [0.717, 1.165) is 11.2 Å². The van der Waals surface area contributed by atoms with Crippen molar-refractivity contribution in [2.75, 3.05) is 6.54 Å². The maximum absolute atomic E-state index is 8.04. The van der Waals surface area contributed by atoms with Gasteiger partial charge in [-0.25, -0.2) is 9.97 Å². The molecule has 0 aromatic carbocycles. The molecule has 0 aliphatic carbocycles. The molecular formula is C9H6N6. The molecule has 0 amide bonds. The van der Waals surface area contributed by atoms with Crippen LogP contribution in [0, 0.1) is 11.8 Å².